The molecule has 1 heterocycles. The highest BCUT2D eigenvalue weighted by molar-refractivity contribution is 5.50. The SMILES string of the molecule is Cc1ccc(CN(C)c2c(F)cc(CO)cc2F)o1. The number of aliphatic hydroxyl groups is 1. The van der Waals surface area contributed by atoms with Crippen LogP contribution in [0.2, 0.25) is 0 Å². The molecule has 1 N–H and O–H groups in total. The molecule has 0 saturated heterocycles. The number of aliphatic hydroxyl groups excluding tert-OH is 1. The lowest BCUT2D eigenvalue weighted by Crippen LogP contribution is -2.19. The van der Waals surface area contributed by atoms with Crippen LogP contribution in [0.4, 0.5) is 14.5 Å². The van der Waals surface area contributed by atoms with Gasteiger partial charge in [0.05, 0.1) is 13.2 Å². The fourth-order valence-electron chi connectivity index (χ4n) is 1.96. The molecular formula is C14H15F2NO2. The summed E-state index contributed by atoms with van der Waals surface area (Å²) in [6, 6.07) is 5.82. The minimum absolute atomic E-state index is 0.133. The molecule has 1 aromatic heterocycles. The second-order valence-electron chi connectivity index (χ2n) is 4.43. The van der Waals surface area contributed by atoms with Gasteiger partial charge >= 0.3 is 0 Å². The predicted molar refractivity (Wildman–Crippen MR) is 67.8 cm³/mol. The van der Waals surface area contributed by atoms with E-state index in [1.165, 1.54) is 4.90 Å². The lowest BCUT2D eigenvalue weighted by atomic mass is 10.2. The Labute approximate surface area is 110 Å². The zero-order valence-electron chi connectivity index (χ0n) is 10.8. The average molecular weight is 267 g/mol. The predicted octanol–water partition coefficient (Wildman–Crippen LogP) is 2.99. The highest BCUT2D eigenvalue weighted by Gasteiger charge is 2.16. The van der Waals surface area contributed by atoms with Gasteiger partial charge in [0.15, 0.2) is 0 Å². The van der Waals surface area contributed by atoms with E-state index in [0.29, 0.717) is 5.76 Å². The van der Waals surface area contributed by atoms with Gasteiger partial charge in [0, 0.05) is 7.05 Å². The van der Waals surface area contributed by atoms with Crippen LogP contribution >= 0.6 is 0 Å². The van der Waals surface area contributed by atoms with Crippen LogP contribution in [-0.4, -0.2) is 12.2 Å². The molecule has 0 radical (unpaired) electrons. The Morgan fingerprint density at radius 2 is 1.84 bits per heavy atom. The average Bonchev–Trinajstić information content (AvgIpc) is 2.73. The summed E-state index contributed by atoms with van der Waals surface area (Å²) in [6.45, 7) is 1.68. The third-order valence-electron chi connectivity index (χ3n) is 2.83. The number of anilines is 1. The highest BCUT2D eigenvalue weighted by Crippen LogP contribution is 2.25. The van der Waals surface area contributed by atoms with Crippen LogP contribution in [-0.2, 0) is 13.2 Å². The molecule has 0 saturated carbocycles. The zero-order chi connectivity index (χ0) is 14.0. The van der Waals surface area contributed by atoms with Crippen molar-refractivity contribution < 1.29 is 18.3 Å². The van der Waals surface area contributed by atoms with Gasteiger partial charge in [0.1, 0.15) is 28.8 Å². The third kappa shape index (κ3) is 2.93. The highest BCUT2D eigenvalue weighted by atomic mass is 19.1. The summed E-state index contributed by atoms with van der Waals surface area (Å²) in [5, 5.41) is 8.89. The van der Waals surface area contributed by atoms with Gasteiger partial charge in [-0.15, -0.1) is 0 Å². The number of hydrogen-bond acceptors (Lipinski definition) is 3. The molecule has 5 heteroatoms. The smallest absolute Gasteiger partial charge is 0.149 e. The molecule has 0 bridgehead atoms. The van der Waals surface area contributed by atoms with Crippen LogP contribution in [0.1, 0.15) is 17.1 Å². The first kappa shape index (κ1) is 13.5. The second kappa shape index (κ2) is 5.40. The fourth-order valence-corrected chi connectivity index (χ4v) is 1.96. The number of rotatable bonds is 4. The van der Waals surface area contributed by atoms with E-state index in [0.717, 1.165) is 17.9 Å². The van der Waals surface area contributed by atoms with Crippen molar-refractivity contribution >= 4 is 5.69 Å². The van der Waals surface area contributed by atoms with Crippen molar-refractivity contribution in [2.24, 2.45) is 0 Å². The first-order valence-electron chi connectivity index (χ1n) is 5.86. The third-order valence-corrected chi connectivity index (χ3v) is 2.83. The minimum atomic E-state index is -0.699. The van der Waals surface area contributed by atoms with Crippen molar-refractivity contribution in [3.63, 3.8) is 0 Å². The molecule has 0 aliphatic rings. The van der Waals surface area contributed by atoms with Gasteiger partial charge in [0.2, 0.25) is 0 Å². The maximum Gasteiger partial charge on any atom is 0.149 e. The Kier molecular flexibility index (Phi) is 3.85. The molecule has 0 aliphatic carbocycles. The quantitative estimate of drug-likeness (QED) is 0.925. The van der Waals surface area contributed by atoms with E-state index in [2.05, 4.69) is 0 Å². The molecule has 2 rings (SSSR count). The molecule has 0 amide bonds. The summed E-state index contributed by atoms with van der Waals surface area (Å²) in [6.07, 6.45) is 0. The first-order chi connectivity index (χ1) is 9.01. The lowest BCUT2D eigenvalue weighted by Gasteiger charge is -2.19. The number of halogens is 2. The van der Waals surface area contributed by atoms with Crippen molar-refractivity contribution in [1.82, 2.24) is 0 Å². The van der Waals surface area contributed by atoms with Gasteiger partial charge in [-0.05, 0) is 36.8 Å². The van der Waals surface area contributed by atoms with E-state index < -0.39 is 18.2 Å². The van der Waals surface area contributed by atoms with E-state index in [1.54, 1.807) is 26.1 Å². The van der Waals surface area contributed by atoms with Crippen LogP contribution < -0.4 is 4.90 Å². The minimum Gasteiger partial charge on any atom is -0.464 e. The van der Waals surface area contributed by atoms with Crippen molar-refractivity contribution in [3.8, 4) is 0 Å². The number of furan rings is 1. The monoisotopic (exact) mass is 267 g/mol. The van der Waals surface area contributed by atoms with Crippen molar-refractivity contribution in [3.05, 3.63) is 53.0 Å². The van der Waals surface area contributed by atoms with Crippen molar-refractivity contribution in [2.45, 2.75) is 20.1 Å². The van der Waals surface area contributed by atoms with Gasteiger partial charge in [-0.3, -0.25) is 0 Å². The Bertz CT molecular complexity index is 558. The van der Waals surface area contributed by atoms with E-state index in [9.17, 15) is 8.78 Å². The molecule has 0 atom stereocenters. The first-order valence-corrected chi connectivity index (χ1v) is 5.86. The molecule has 0 fully saturated rings. The summed E-state index contributed by atoms with van der Waals surface area (Å²) in [4.78, 5) is 1.43. The number of benzene rings is 1. The normalized spacial score (nSPS) is 10.8. The summed E-state index contributed by atoms with van der Waals surface area (Å²) >= 11 is 0. The lowest BCUT2D eigenvalue weighted by molar-refractivity contribution is 0.280. The maximum atomic E-state index is 13.8. The standard InChI is InChI=1S/C14H15F2NO2/c1-9-3-4-11(19-9)7-17(2)14-12(15)5-10(8-18)6-13(14)16/h3-6,18H,7-8H2,1-2H3. The molecule has 1 aromatic carbocycles. The van der Waals surface area contributed by atoms with E-state index in [1.807, 2.05) is 0 Å². The van der Waals surface area contributed by atoms with Crippen molar-refractivity contribution in [2.75, 3.05) is 11.9 Å². The molecule has 0 unspecified atom stereocenters. The number of hydrogen-bond donors (Lipinski definition) is 1. The molecule has 0 spiro atoms. The van der Waals surface area contributed by atoms with E-state index in [-0.39, 0.29) is 17.8 Å². The van der Waals surface area contributed by atoms with Crippen LogP contribution in [0, 0.1) is 18.6 Å². The zero-order valence-corrected chi connectivity index (χ0v) is 10.8. The van der Waals surface area contributed by atoms with Crippen LogP contribution in [0.25, 0.3) is 0 Å². The largest absolute Gasteiger partial charge is 0.464 e. The molecule has 0 aliphatic heterocycles. The van der Waals surface area contributed by atoms with Crippen LogP contribution in [0.5, 0.6) is 0 Å². The van der Waals surface area contributed by atoms with Gasteiger partial charge in [-0.1, -0.05) is 0 Å². The van der Waals surface area contributed by atoms with Gasteiger partial charge in [0.25, 0.3) is 0 Å². The van der Waals surface area contributed by atoms with E-state index in [4.69, 9.17) is 9.52 Å². The maximum absolute atomic E-state index is 13.8. The molecular weight excluding hydrogens is 252 g/mol. The summed E-state index contributed by atoms with van der Waals surface area (Å²) in [5.74, 6) is -0.0188. The Morgan fingerprint density at radius 3 is 2.32 bits per heavy atom. The second-order valence-corrected chi connectivity index (χ2v) is 4.43. The molecule has 19 heavy (non-hydrogen) atoms. The summed E-state index contributed by atoms with van der Waals surface area (Å²) in [5.41, 5.74) is 0.0762. The summed E-state index contributed by atoms with van der Waals surface area (Å²) in [7, 11) is 1.58. The van der Waals surface area contributed by atoms with Crippen LogP contribution in [0.15, 0.2) is 28.7 Å². The van der Waals surface area contributed by atoms with Crippen molar-refractivity contribution in [1.29, 1.82) is 0 Å². The Hall–Kier alpha value is -1.88. The molecule has 3 nitrogen and oxygen atoms in total. The molecule has 2 aromatic rings. The fraction of sp³-hybridized carbons (Fsp3) is 0.286. The van der Waals surface area contributed by atoms with Gasteiger partial charge < -0.3 is 14.4 Å². The topological polar surface area (TPSA) is 36.6 Å². The molecule has 102 valence electrons. The Balaban J connectivity index is 2.26. The Morgan fingerprint density at radius 1 is 1.21 bits per heavy atom. The number of nitrogens with zero attached hydrogens (tertiary/aromatic N) is 1. The van der Waals surface area contributed by atoms with Gasteiger partial charge in [-0.2, -0.15) is 0 Å². The van der Waals surface area contributed by atoms with E-state index >= 15 is 0 Å². The number of aryl methyl sites for hydroxylation is 1. The van der Waals surface area contributed by atoms with Gasteiger partial charge in [-0.25, -0.2) is 8.78 Å². The van der Waals surface area contributed by atoms with Crippen LogP contribution in [0.3, 0.4) is 0 Å². The summed E-state index contributed by atoms with van der Waals surface area (Å²) < 4.78 is 33.0.